The third kappa shape index (κ3) is 4.59. The predicted molar refractivity (Wildman–Crippen MR) is 98.8 cm³/mol. The zero-order valence-electron chi connectivity index (χ0n) is 14.9. The first kappa shape index (κ1) is 21.7. The van der Waals surface area contributed by atoms with Crippen molar-refractivity contribution in [3.05, 3.63) is 86.8 Å². The van der Waals surface area contributed by atoms with Crippen molar-refractivity contribution in [3.63, 3.8) is 0 Å². The fourth-order valence-electron chi connectivity index (χ4n) is 2.69. The van der Waals surface area contributed by atoms with Gasteiger partial charge in [0.15, 0.2) is 5.69 Å². The van der Waals surface area contributed by atoms with E-state index in [-0.39, 0.29) is 6.54 Å². The van der Waals surface area contributed by atoms with Gasteiger partial charge < -0.3 is 5.32 Å². The first-order valence-electron chi connectivity index (χ1n) is 8.33. The lowest BCUT2D eigenvalue weighted by Gasteiger charge is -2.19. The number of nitrogens with one attached hydrogen (secondary N) is 1. The van der Waals surface area contributed by atoms with Crippen molar-refractivity contribution in [3.8, 4) is 0 Å². The average Bonchev–Trinajstić information content (AvgIpc) is 2.67. The van der Waals surface area contributed by atoms with Crippen LogP contribution in [0.4, 0.5) is 38.0 Å². The van der Waals surface area contributed by atoms with Gasteiger partial charge in [-0.1, -0.05) is 54.1 Å². The molecule has 1 heterocycles. The lowest BCUT2D eigenvalue weighted by molar-refractivity contribution is -0.141. The Balaban J connectivity index is 2.19. The average molecular weight is 448 g/mol. The molecule has 3 rings (SSSR count). The van der Waals surface area contributed by atoms with Crippen molar-refractivity contribution in [2.75, 3.05) is 5.32 Å². The molecule has 0 aliphatic rings. The second-order valence-corrected chi connectivity index (χ2v) is 6.52. The molecular weight excluding hydrogens is 436 g/mol. The molecule has 11 heteroatoms. The molecule has 0 unspecified atom stereocenters. The van der Waals surface area contributed by atoms with Crippen LogP contribution in [0.5, 0.6) is 0 Å². The van der Waals surface area contributed by atoms with Crippen molar-refractivity contribution in [1.82, 2.24) is 9.55 Å². The summed E-state index contributed by atoms with van der Waals surface area (Å²) < 4.78 is 80.4. The van der Waals surface area contributed by atoms with Crippen LogP contribution in [0.3, 0.4) is 0 Å². The van der Waals surface area contributed by atoms with E-state index in [1.807, 2.05) is 0 Å². The minimum Gasteiger partial charge on any atom is -0.325 e. The highest BCUT2D eigenvalue weighted by Gasteiger charge is 2.38. The highest BCUT2D eigenvalue weighted by atomic mass is 35.5. The van der Waals surface area contributed by atoms with Gasteiger partial charge in [-0.15, -0.1) is 0 Å². The van der Waals surface area contributed by atoms with Gasteiger partial charge in [0.25, 0.3) is 5.56 Å². The van der Waals surface area contributed by atoms with E-state index in [0.717, 1.165) is 22.8 Å². The number of nitrogens with zero attached hydrogens (tertiary/aromatic N) is 2. The normalized spacial score (nSPS) is 12.1. The van der Waals surface area contributed by atoms with Gasteiger partial charge in [0, 0.05) is 0 Å². The minimum atomic E-state index is -5.08. The lowest BCUT2D eigenvalue weighted by atomic mass is 10.1. The Labute approximate surface area is 170 Å². The van der Waals surface area contributed by atoms with Crippen LogP contribution in [-0.4, -0.2) is 9.55 Å². The molecular formula is C19H12ClF6N3O. The quantitative estimate of drug-likeness (QED) is 0.520. The molecule has 0 saturated heterocycles. The number of rotatable bonds is 4. The molecule has 0 radical (unpaired) electrons. The maximum atomic E-state index is 13.3. The van der Waals surface area contributed by atoms with E-state index >= 15 is 0 Å². The molecule has 0 saturated carbocycles. The summed E-state index contributed by atoms with van der Waals surface area (Å²) in [5, 5.41) is 1.05. The van der Waals surface area contributed by atoms with Gasteiger partial charge in [-0.3, -0.25) is 9.36 Å². The van der Waals surface area contributed by atoms with E-state index in [1.54, 1.807) is 30.3 Å². The third-order valence-corrected chi connectivity index (χ3v) is 4.39. The number of hydrogen-bond donors (Lipinski definition) is 1. The van der Waals surface area contributed by atoms with Crippen molar-refractivity contribution >= 4 is 23.2 Å². The second-order valence-electron chi connectivity index (χ2n) is 6.14. The van der Waals surface area contributed by atoms with Crippen LogP contribution in [0.2, 0.25) is 5.02 Å². The third-order valence-electron chi connectivity index (χ3n) is 4.05. The Morgan fingerprint density at radius 2 is 1.50 bits per heavy atom. The van der Waals surface area contributed by atoms with E-state index < -0.39 is 45.8 Å². The first-order valence-corrected chi connectivity index (χ1v) is 8.71. The van der Waals surface area contributed by atoms with Gasteiger partial charge in [-0.2, -0.15) is 26.3 Å². The summed E-state index contributed by atoms with van der Waals surface area (Å²) in [6.45, 7) is -0.263. The number of benzene rings is 2. The molecule has 2 aromatic carbocycles. The zero-order valence-corrected chi connectivity index (χ0v) is 15.6. The van der Waals surface area contributed by atoms with E-state index in [1.165, 1.54) is 6.07 Å². The monoisotopic (exact) mass is 447 g/mol. The van der Waals surface area contributed by atoms with E-state index in [2.05, 4.69) is 10.3 Å². The molecule has 4 nitrogen and oxygen atoms in total. The molecule has 0 amide bonds. The van der Waals surface area contributed by atoms with Crippen molar-refractivity contribution in [2.24, 2.45) is 0 Å². The molecule has 0 aliphatic heterocycles. The largest absolute Gasteiger partial charge is 0.435 e. The van der Waals surface area contributed by atoms with Crippen LogP contribution in [0.25, 0.3) is 0 Å². The predicted octanol–water partition coefficient (Wildman–Crippen LogP) is 5.73. The molecule has 0 atom stereocenters. The number of para-hydroxylation sites is 1. The Hall–Kier alpha value is -3.01. The summed E-state index contributed by atoms with van der Waals surface area (Å²) in [4.78, 5) is 15.9. The first-order chi connectivity index (χ1) is 14.0. The van der Waals surface area contributed by atoms with E-state index in [9.17, 15) is 31.1 Å². The zero-order chi connectivity index (χ0) is 22.1. The fraction of sp³-hybridized carbons (Fsp3) is 0.158. The van der Waals surface area contributed by atoms with Gasteiger partial charge in [-0.05, 0) is 17.7 Å². The van der Waals surface area contributed by atoms with Crippen LogP contribution in [0.15, 0.2) is 59.4 Å². The van der Waals surface area contributed by atoms with Crippen molar-refractivity contribution in [1.29, 1.82) is 0 Å². The molecule has 3 aromatic rings. The smallest absolute Gasteiger partial charge is 0.325 e. The second kappa shape index (κ2) is 8.02. The van der Waals surface area contributed by atoms with Crippen LogP contribution >= 0.6 is 11.6 Å². The van der Waals surface area contributed by atoms with E-state index in [0.29, 0.717) is 5.56 Å². The van der Waals surface area contributed by atoms with Crippen LogP contribution in [-0.2, 0) is 18.9 Å². The van der Waals surface area contributed by atoms with Crippen LogP contribution < -0.4 is 10.9 Å². The molecule has 158 valence electrons. The Morgan fingerprint density at radius 3 is 2.10 bits per heavy atom. The summed E-state index contributed by atoms with van der Waals surface area (Å²) >= 11 is 5.60. The summed E-state index contributed by atoms with van der Waals surface area (Å²) in [6.07, 6.45) is -9.87. The Morgan fingerprint density at radius 1 is 0.900 bits per heavy atom. The van der Waals surface area contributed by atoms with Gasteiger partial charge in [0.2, 0.25) is 5.95 Å². The topological polar surface area (TPSA) is 46.9 Å². The van der Waals surface area contributed by atoms with Gasteiger partial charge >= 0.3 is 12.4 Å². The SMILES string of the molecule is O=c1c(Cl)c(C(F)(F)F)nc(Nc2ccccc2C(F)(F)F)n1Cc1ccccc1. The summed E-state index contributed by atoms with van der Waals surface area (Å²) in [7, 11) is 0. The maximum absolute atomic E-state index is 13.3. The Kier molecular flexibility index (Phi) is 5.80. The van der Waals surface area contributed by atoms with Crippen LogP contribution in [0.1, 0.15) is 16.8 Å². The maximum Gasteiger partial charge on any atom is 0.435 e. The highest BCUT2D eigenvalue weighted by molar-refractivity contribution is 6.31. The van der Waals surface area contributed by atoms with Gasteiger partial charge in [0.1, 0.15) is 5.02 Å². The van der Waals surface area contributed by atoms with Gasteiger partial charge in [-0.25, -0.2) is 4.98 Å². The molecule has 0 fully saturated rings. The van der Waals surface area contributed by atoms with Crippen molar-refractivity contribution in [2.45, 2.75) is 18.9 Å². The summed E-state index contributed by atoms with van der Waals surface area (Å²) in [5.41, 5.74) is -4.12. The molecule has 0 bridgehead atoms. The number of anilines is 2. The molecule has 0 spiro atoms. The Bertz CT molecular complexity index is 1110. The van der Waals surface area contributed by atoms with Crippen LogP contribution in [0, 0.1) is 0 Å². The lowest BCUT2D eigenvalue weighted by Crippen LogP contribution is -2.29. The number of alkyl halides is 6. The number of aromatic nitrogens is 2. The highest BCUT2D eigenvalue weighted by Crippen LogP contribution is 2.37. The number of hydrogen-bond acceptors (Lipinski definition) is 3. The standard InChI is InChI=1S/C19H12ClF6N3O/c20-14-15(19(24,25)26)28-17(27-13-9-5-4-8-12(13)18(21,22)23)29(16(14)30)10-11-6-2-1-3-7-11/h1-9H,10H2,(H,27,28). The fourth-order valence-corrected chi connectivity index (χ4v) is 2.94. The van der Waals surface area contributed by atoms with E-state index in [4.69, 9.17) is 11.6 Å². The van der Waals surface area contributed by atoms with Crippen molar-refractivity contribution < 1.29 is 26.3 Å². The van der Waals surface area contributed by atoms with Gasteiger partial charge in [0.05, 0.1) is 17.8 Å². The molecule has 0 aliphatic carbocycles. The molecule has 1 aromatic heterocycles. The minimum absolute atomic E-state index is 0.263. The number of halogens is 7. The summed E-state index contributed by atoms with van der Waals surface area (Å²) in [5.74, 6) is -0.725. The summed E-state index contributed by atoms with van der Waals surface area (Å²) in [6, 6.07) is 12.3. The molecule has 1 N–H and O–H groups in total. The molecule has 30 heavy (non-hydrogen) atoms.